The van der Waals surface area contributed by atoms with Gasteiger partial charge < -0.3 is 9.47 Å². The molecule has 1 aliphatic rings. The van der Waals surface area contributed by atoms with Crippen LogP contribution in [-0.2, 0) is 4.79 Å². The van der Waals surface area contributed by atoms with Crippen molar-refractivity contribution < 1.29 is 40.6 Å². The first-order valence-corrected chi connectivity index (χ1v) is 14.7. The van der Waals surface area contributed by atoms with Crippen LogP contribution in [-0.4, -0.2) is 62.1 Å². The van der Waals surface area contributed by atoms with E-state index in [1.165, 1.54) is 53.6 Å². The zero-order valence-corrected chi connectivity index (χ0v) is 25.5. The van der Waals surface area contributed by atoms with Gasteiger partial charge in [0, 0.05) is 5.56 Å². The molecule has 47 heavy (non-hydrogen) atoms. The summed E-state index contributed by atoms with van der Waals surface area (Å²) in [5, 5.41) is 8.47. The third-order valence-electron chi connectivity index (χ3n) is 6.08. The normalized spacial score (nSPS) is 14.7. The van der Waals surface area contributed by atoms with Gasteiger partial charge in [-0.1, -0.05) is 42.1 Å². The lowest BCUT2D eigenvalue weighted by atomic mass is 10.1. The Labute approximate surface area is 272 Å². The maximum Gasteiger partial charge on any atom is 0.573 e. The van der Waals surface area contributed by atoms with Crippen LogP contribution in [0.1, 0.15) is 11.1 Å². The number of halogens is 6. The molecule has 1 amide bonds. The molecule has 0 unspecified atom stereocenters. The molecule has 0 spiro atoms. The first kappa shape index (κ1) is 33.4. The van der Waals surface area contributed by atoms with Crippen molar-refractivity contribution in [3.05, 3.63) is 84.2 Å². The topological polar surface area (TPSA) is 106 Å². The molecule has 5 rings (SSSR count). The van der Waals surface area contributed by atoms with Gasteiger partial charge in [0.2, 0.25) is 11.0 Å². The zero-order chi connectivity index (χ0) is 33.8. The third kappa shape index (κ3) is 9.07. The number of carbonyl (C=O) groups is 1. The number of amidine groups is 1. The standard InChI is InChI=1S/C29H21F6N7O3S2/c1-17-2-11-23(44-15-28(30,31)32)22(12-17)42-24(43)14-47-27(42)38-26(46)39-37-13-18-3-5-19(6-4-18)25-36-16-41(40-25)20-7-9-21(10-8-20)45-29(33,34)35/h2-13,16H,14-15H2,1H3,(H,39,46)/b37-13+,38-27-. The SMILES string of the molecule is Cc1ccc(OCC(F)(F)F)c(N2C(=O)CS/C2=N\C(=S)N/N=C/c2ccc(-c3ncn(-c4ccc(OC(F)(F)F)cc4)n3)cc2)c1. The number of ether oxygens (including phenoxy) is 2. The molecule has 2 heterocycles. The molecule has 4 aromatic rings. The summed E-state index contributed by atoms with van der Waals surface area (Å²) in [5.74, 6) is -0.527. The molecule has 18 heteroatoms. The molecule has 0 atom stereocenters. The van der Waals surface area contributed by atoms with Gasteiger partial charge in [-0.05, 0) is 66.7 Å². The molecule has 0 aliphatic carbocycles. The molecule has 0 saturated carbocycles. The number of benzene rings is 3. The fraction of sp³-hybridized carbons (Fsp3) is 0.172. The molecule has 1 aromatic heterocycles. The number of carbonyl (C=O) groups excluding carboxylic acids is 1. The Balaban J connectivity index is 1.21. The van der Waals surface area contributed by atoms with Gasteiger partial charge >= 0.3 is 12.5 Å². The summed E-state index contributed by atoms with van der Waals surface area (Å²) in [6, 6.07) is 16.5. The number of aromatic nitrogens is 3. The van der Waals surface area contributed by atoms with Crippen molar-refractivity contribution in [2.75, 3.05) is 17.3 Å². The lowest BCUT2D eigenvalue weighted by Gasteiger charge is -2.21. The van der Waals surface area contributed by atoms with E-state index in [-0.39, 0.29) is 33.2 Å². The van der Waals surface area contributed by atoms with Crippen molar-refractivity contribution in [2.24, 2.45) is 10.1 Å². The number of rotatable bonds is 8. The fourth-order valence-electron chi connectivity index (χ4n) is 4.08. The number of hydrogen-bond acceptors (Lipinski definition) is 8. The molecule has 0 radical (unpaired) electrons. The minimum atomic E-state index is -4.79. The van der Waals surface area contributed by atoms with Crippen LogP contribution < -0.4 is 19.8 Å². The number of nitrogens with zero attached hydrogens (tertiary/aromatic N) is 6. The first-order chi connectivity index (χ1) is 22.2. The van der Waals surface area contributed by atoms with Gasteiger partial charge in [-0.2, -0.15) is 23.3 Å². The summed E-state index contributed by atoms with van der Waals surface area (Å²) >= 11 is 6.31. The summed E-state index contributed by atoms with van der Waals surface area (Å²) in [7, 11) is 0. The van der Waals surface area contributed by atoms with E-state index in [0.717, 1.165) is 16.7 Å². The quantitative estimate of drug-likeness (QED) is 0.0975. The van der Waals surface area contributed by atoms with Gasteiger partial charge in [-0.3, -0.25) is 15.1 Å². The Morgan fingerprint density at radius 1 is 1.06 bits per heavy atom. The van der Waals surface area contributed by atoms with E-state index < -0.39 is 25.1 Å². The van der Waals surface area contributed by atoms with E-state index in [2.05, 4.69) is 30.3 Å². The van der Waals surface area contributed by atoms with Crippen molar-refractivity contribution in [3.8, 4) is 28.6 Å². The van der Waals surface area contributed by atoms with Crippen molar-refractivity contribution in [1.82, 2.24) is 20.2 Å². The van der Waals surface area contributed by atoms with Gasteiger partial charge in [0.15, 0.2) is 17.6 Å². The maximum atomic E-state index is 12.8. The molecule has 10 nitrogen and oxygen atoms in total. The number of amides is 1. The highest BCUT2D eigenvalue weighted by molar-refractivity contribution is 8.15. The van der Waals surface area contributed by atoms with Crippen molar-refractivity contribution in [3.63, 3.8) is 0 Å². The molecule has 244 valence electrons. The summed E-state index contributed by atoms with van der Waals surface area (Å²) in [4.78, 5) is 22.3. The number of hydrogen-bond donors (Lipinski definition) is 1. The van der Waals surface area contributed by atoms with Gasteiger partial charge in [-0.25, -0.2) is 9.67 Å². The Morgan fingerprint density at radius 3 is 2.47 bits per heavy atom. The molecular weight excluding hydrogens is 672 g/mol. The maximum absolute atomic E-state index is 12.8. The lowest BCUT2D eigenvalue weighted by molar-refractivity contribution is -0.274. The zero-order valence-electron chi connectivity index (χ0n) is 23.9. The number of aliphatic imine (C=N–C) groups is 1. The summed E-state index contributed by atoms with van der Waals surface area (Å²) in [5.41, 5.74) is 5.18. The Kier molecular flexibility index (Phi) is 9.80. The van der Waals surface area contributed by atoms with Crippen LogP contribution in [0.15, 0.2) is 83.2 Å². The monoisotopic (exact) mass is 693 g/mol. The van der Waals surface area contributed by atoms with Crippen LogP contribution >= 0.6 is 24.0 Å². The smallest absolute Gasteiger partial charge is 0.482 e. The molecule has 1 fully saturated rings. The van der Waals surface area contributed by atoms with Crippen LogP contribution in [0.3, 0.4) is 0 Å². The van der Waals surface area contributed by atoms with Crippen molar-refractivity contribution in [2.45, 2.75) is 19.5 Å². The molecule has 1 aliphatic heterocycles. The number of alkyl halides is 6. The highest BCUT2D eigenvalue weighted by Gasteiger charge is 2.34. The number of anilines is 1. The first-order valence-electron chi connectivity index (χ1n) is 13.3. The molecule has 1 N–H and O–H groups in total. The van der Waals surface area contributed by atoms with Gasteiger partial charge in [-0.15, -0.1) is 18.3 Å². The van der Waals surface area contributed by atoms with E-state index in [9.17, 15) is 31.1 Å². The third-order valence-corrected chi connectivity index (χ3v) is 7.18. The summed E-state index contributed by atoms with van der Waals surface area (Å²) in [6.45, 7) is 0.197. The second-order valence-electron chi connectivity index (χ2n) is 9.64. The predicted octanol–water partition coefficient (Wildman–Crippen LogP) is 6.43. The van der Waals surface area contributed by atoms with Crippen LogP contribution in [0.4, 0.5) is 32.0 Å². The van der Waals surface area contributed by atoms with Gasteiger partial charge in [0.05, 0.1) is 23.3 Å². The largest absolute Gasteiger partial charge is 0.573 e. The number of nitrogens with one attached hydrogen (secondary N) is 1. The number of hydrazone groups is 1. The Hall–Kier alpha value is -4.97. The summed E-state index contributed by atoms with van der Waals surface area (Å²) in [6.07, 6.45) is -6.48. The minimum absolute atomic E-state index is 0.0000124. The van der Waals surface area contributed by atoms with E-state index in [0.29, 0.717) is 28.2 Å². The van der Waals surface area contributed by atoms with E-state index in [4.69, 9.17) is 17.0 Å². The van der Waals surface area contributed by atoms with Gasteiger partial charge in [0.25, 0.3) is 0 Å². The molecular formula is C29H21F6N7O3S2. The minimum Gasteiger partial charge on any atom is -0.482 e. The van der Waals surface area contributed by atoms with Crippen LogP contribution in [0.2, 0.25) is 0 Å². The second-order valence-corrected chi connectivity index (χ2v) is 11.0. The van der Waals surface area contributed by atoms with Crippen LogP contribution in [0, 0.1) is 6.92 Å². The van der Waals surface area contributed by atoms with Crippen LogP contribution in [0.25, 0.3) is 17.1 Å². The highest BCUT2D eigenvalue weighted by Crippen LogP contribution is 2.36. The van der Waals surface area contributed by atoms with Gasteiger partial charge in [0.1, 0.15) is 17.8 Å². The Bertz CT molecular complexity index is 1830. The number of thioether (sulfide) groups is 1. The van der Waals surface area contributed by atoms with E-state index in [1.54, 1.807) is 37.3 Å². The summed E-state index contributed by atoms with van der Waals surface area (Å²) < 4.78 is 85.8. The number of thiocarbonyl (C=S) groups is 1. The second kappa shape index (κ2) is 13.8. The van der Waals surface area contributed by atoms with E-state index >= 15 is 0 Å². The lowest BCUT2D eigenvalue weighted by Crippen LogP contribution is -2.31. The highest BCUT2D eigenvalue weighted by atomic mass is 32.2. The van der Waals surface area contributed by atoms with Crippen molar-refractivity contribution >= 4 is 52.1 Å². The van der Waals surface area contributed by atoms with E-state index in [1.807, 2.05) is 0 Å². The Morgan fingerprint density at radius 2 is 1.79 bits per heavy atom. The predicted molar refractivity (Wildman–Crippen MR) is 167 cm³/mol. The fourth-order valence-corrected chi connectivity index (χ4v) is 5.14. The molecule has 3 aromatic carbocycles. The van der Waals surface area contributed by atoms with Crippen molar-refractivity contribution in [1.29, 1.82) is 0 Å². The van der Waals surface area contributed by atoms with Crippen LogP contribution in [0.5, 0.6) is 11.5 Å². The molecule has 1 saturated heterocycles. The average Bonchev–Trinajstić information content (AvgIpc) is 3.63. The molecule has 0 bridgehead atoms. The number of aryl methyl sites for hydroxylation is 1. The average molecular weight is 694 g/mol.